The molecule has 2 aliphatic rings. The van der Waals surface area contributed by atoms with Crippen molar-refractivity contribution in [2.45, 2.75) is 25.3 Å². The zero-order valence-electron chi connectivity index (χ0n) is 19.3. The van der Waals surface area contributed by atoms with Gasteiger partial charge in [0.05, 0.1) is 0 Å². The SMILES string of the molecule is CSOB=Cc1cc(-c2c[n+]3c(c(Cc4ccccc4)n2)NC(CC2=CC=CC2)C3=O)ccc1Cl. The number of hydrogen-bond acceptors (Lipinski definition) is 5. The first kappa shape index (κ1) is 23.6. The van der Waals surface area contributed by atoms with Crippen molar-refractivity contribution in [1.82, 2.24) is 4.98 Å². The number of nitrogens with zero attached hydrogens (tertiary/aromatic N) is 2. The van der Waals surface area contributed by atoms with E-state index in [1.807, 2.05) is 60.9 Å². The zero-order chi connectivity index (χ0) is 24.2. The summed E-state index contributed by atoms with van der Waals surface area (Å²) < 4.78 is 6.99. The molecule has 0 saturated heterocycles. The molecule has 2 aromatic carbocycles. The summed E-state index contributed by atoms with van der Waals surface area (Å²) in [6.07, 6.45) is 12.1. The van der Waals surface area contributed by atoms with Crippen LogP contribution < -0.4 is 9.88 Å². The molecule has 1 aliphatic carbocycles. The predicted octanol–water partition coefficient (Wildman–Crippen LogP) is 5.06. The van der Waals surface area contributed by atoms with Crippen LogP contribution in [0.1, 0.15) is 34.5 Å². The molecule has 0 spiro atoms. The van der Waals surface area contributed by atoms with Crippen molar-refractivity contribution in [1.29, 1.82) is 0 Å². The van der Waals surface area contributed by atoms with Gasteiger partial charge in [-0.2, -0.15) is 0 Å². The van der Waals surface area contributed by atoms with E-state index >= 15 is 0 Å². The number of allylic oxidation sites excluding steroid dienone is 3. The van der Waals surface area contributed by atoms with Crippen molar-refractivity contribution in [2.75, 3.05) is 11.6 Å². The number of nitrogens with one attached hydrogen (secondary N) is 1. The van der Waals surface area contributed by atoms with Crippen LogP contribution in [0.25, 0.3) is 11.3 Å². The van der Waals surface area contributed by atoms with Crippen molar-refractivity contribution in [3.63, 3.8) is 0 Å². The first-order valence-electron chi connectivity index (χ1n) is 11.4. The first-order valence-corrected chi connectivity index (χ1v) is 13.0. The molecule has 3 aromatic rings. The molecule has 0 saturated carbocycles. The molecule has 0 amide bonds. The summed E-state index contributed by atoms with van der Waals surface area (Å²) in [5.74, 6) is 2.62. The van der Waals surface area contributed by atoms with Crippen LogP contribution in [0.15, 0.2) is 78.5 Å². The van der Waals surface area contributed by atoms with Gasteiger partial charge in [0.1, 0.15) is 0 Å². The van der Waals surface area contributed by atoms with Crippen molar-refractivity contribution < 1.29 is 13.5 Å². The van der Waals surface area contributed by atoms with Crippen molar-refractivity contribution in [2.24, 2.45) is 0 Å². The molecule has 174 valence electrons. The molecule has 0 fully saturated rings. The zero-order valence-corrected chi connectivity index (χ0v) is 20.9. The maximum absolute atomic E-state index is 13.4. The fourth-order valence-corrected chi connectivity index (χ4v) is 4.70. The minimum atomic E-state index is -0.305. The van der Waals surface area contributed by atoms with Gasteiger partial charge in [-0.25, -0.2) is 0 Å². The Labute approximate surface area is 215 Å². The fourth-order valence-electron chi connectivity index (χ4n) is 4.36. The quantitative estimate of drug-likeness (QED) is 0.266. The number of benzene rings is 2. The van der Waals surface area contributed by atoms with Crippen LogP contribution in [0.2, 0.25) is 5.02 Å². The summed E-state index contributed by atoms with van der Waals surface area (Å²) in [4.78, 5) is 18.5. The van der Waals surface area contributed by atoms with Gasteiger partial charge in [-0.1, -0.05) is 12.2 Å². The maximum atomic E-state index is 13.4. The van der Waals surface area contributed by atoms with E-state index in [4.69, 9.17) is 20.7 Å². The van der Waals surface area contributed by atoms with Crippen molar-refractivity contribution >= 4 is 48.5 Å². The molecule has 1 N–H and O–H groups in total. The molecule has 35 heavy (non-hydrogen) atoms. The van der Waals surface area contributed by atoms with E-state index in [1.54, 1.807) is 11.7 Å². The van der Waals surface area contributed by atoms with E-state index in [1.165, 1.54) is 17.6 Å². The number of carbonyl (C=O) groups excluding carboxylic acids is 1. The normalized spacial score (nSPS) is 16.2. The standard InChI is InChI=1S/C27H23BClN3O2S/c1-35-34-28-16-21-15-20(11-12-22(21)29)25-17-32-26(23(30-25)13-18-7-3-2-4-8-18)31-24(27(32)33)14-19-9-5-6-10-19/h2-9,11-12,15-17,24H,10,13-14H2,1H3/p+1. The summed E-state index contributed by atoms with van der Waals surface area (Å²) in [6, 6.07) is 15.6. The summed E-state index contributed by atoms with van der Waals surface area (Å²) in [5, 5.41) is 4.08. The van der Waals surface area contributed by atoms with E-state index in [9.17, 15) is 4.79 Å². The Balaban J connectivity index is 1.54. The van der Waals surface area contributed by atoms with Gasteiger partial charge < -0.3 is 0 Å². The molecule has 1 aliphatic heterocycles. The van der Waals surface area contributed by atoms with Gasteiger partial charge in [0, 0.05) is 0 Å². The van der Waals surface area contributed by atoms with Crippen LogP contribution in [0, 0.1) is 0 Å². The first-order chi connectivity index (χ1) is 17.1. The van der Waals surface area contributed by atoms with Gasteiger partial charge >= 0.3 is 203 Å². The van der Waals surface area contributed by atoms with Gasteiger partial charge in [-0.05, 0) is 0 Å². The Hall–Kier alpha value is -3.16. The minimum absolute atomic E-state index is 0.0354. The second kappa shape index (κ2) is 10.6. The number of anilines is 1. The molecular weight excluding hydrogens is 477 g/mol. The van der Waals surface area contributed by atoms with E-state index < -0.39 is 0 Å². The number of hydrogen-bond donors (Lipinski definition) is 1. The van der Waals surface area contributed by atoms with Crippen LogP contribution in [-0.4, -0.2) is 36.3 Å². The van der Waals surface area contributed by atoms with Gasteiger partial charge in [0.15, 0.2) is 0 Å². The summed E-state index contributed by atoms with van der Waals surface area (Å²) in [5.41, 5.74) is 5.63. The Bertz CT molecular complexity index is 1360. The Kier molecular flexibility index (Phi) is 7.16. The third kappa shape index (κ3) is 5.26. The molecule has 1 atom stereocenters. The second-order valence-corrected chi connectivity index (χ2v) is 9.39. The average Bonchev–Trinajstić information content (AvgIpc) is 3.50. The molecule has 0 bridgehead atoms. The number of fused-ring (bicyclic) bond motifs is 1. The number of halogens is 1. The molecule has 0 radical (unpaired) electrons. The van der Waals surface area contributed by atoms with Gasteiger partial charge in [0.25, 0.3) is 0 Å². The third-order valence-corrected chi connectivity index (χ3v) is 6.74. The Morgan fingerprint density at radius 3 is 2.91 bits per heavy atom. The molecule has 5 rings (SSSR count). The summed E-state index contributed by atoms with van der Waals surface area (Å²) in [7, 11) is 1.60. The molecule has 1 unspecified atom stereocenters. The number of rotatable bonds is 8. The monoisotopic (exact) mass is 500 g/mol. The Morgan fingerprint density at radius 2 is 2.14 bits per heavy atom. The fraction of sp³-hybridized carbons (Fsp3) is 0.185. The van der Waals surface area contributed by atoms with Crippen LogP contribution in [0.4, 0.5) is 5.82 Å². The average molecular weight is 501 g/mol. The van der Waals surface area contributed by atoms with Crippen molar-refractivity contribution in [3.8, 4) is 11.3 Å². The van der Waals surface area contributed by atoms with Crippen LogP contribution in [0.3, 0.4) is 0 Å². The number of aromatic nitrogens is 2. The molecule has 1 aromatic heterocycles. The van der Waals surface area contributed by atoms with Crippen LogP contribution >= 0.6 is 23.6 Å². The second-order valence-electron chi connectivity index (χ2n) is 8.45. The van der Waals surface area contributed by atoms with Crippen LogP contribution in [0.5, 0.6) is 0 Å². The molecule has 2 heterocycles. The Morgan fingerprint density at radius 1 is 1.29 bits per heavy atom. The third-order valence-electron chi connectivity index (χ3n) is 6.09. The predicted molar refractivity (Wildman–Crippen MR) is 144 cm³/mol. The van der Waals surface area contributed by atoms with E-state index in [0.717, 1.165) is 34.6 Å². The summed E-state index contributed by atoms with van der Waals surface area (Å²) >= 11 is 7.66. The van der Waals surface area contributed by atoms with E-state index in [2.05, 4.69) is 29.6 Å². The van der Waals surface area contributed by atoms with Gasteiger partial charge in [-0.3, -0.25) is 0 Å². The number of carbonyl (C=O) groups is 1. The topological polar surface area (TPSA) is 55.1 Å². The molecule has 5 nitrogen and oxygen atoms in total. The summed E-state index contributed by atoms with van der Waals surface area (Å²) in [6.45, 7) is 0. The van der Waals surface area contributed by atoms with Gasteiger partial charge in [-0.15, -0.1) is 0 Å². The van der Waals surface area contributed by atoms with Gasteiger partial charge in [0.2, 0.25) is 0 Å². The van der Waals surface area contributed by atoms with Crippen LogP contribution in [-0.2, 0) is 10.5 Å². The molecule has 8 heteroatoms. The van der Waals surface area contributed by atoms with E-state index in [0.29, 0.717) is 23.6 Å². The molecular formula is C27H24BClN3O2S+. The van der Waals surface area contributed by atoms with E-state index in [-0.39, 0.29) is 11.9 Å². The van der Waals surface area contributed by atoms with Crippen molar-refractivity contribution in [3.05, 3.63) is 100 Å².